The van der Waals surface area contributed by atoms with E-state index in [0.717, 1.165) is 31.5 Å². The fourth-order valence-electron chi connectivity index (χ4n) is 2.80. The van der Waals surface area contributed by atoms with Crippen molar-refractivity contribution in [2.45, 2.75) is 39.3 Å². The number of carbonyl (C=O) groups excluding carboxylic acids is 2. The summed E-state index contributed by atoms with van der Waals surface area (Å²) in [6.07, 6.45) is 2.11. The summed E-state index contributed by atoms with van der Waals surface area (Å²) in [5, 5.41) is 2.74. The van der Waals surface area contributed by atoms with E-state index in [2.05, 4.69) is 5.32 Å². The highest BCUT2D eigenvalue weighted by Gasteiger charge is 2.26. The molecule has 3 N–H and O–H groups in total. The van der Waals surface area contributed by atoms with Gasteiger partial charge in [0.05, 0.1) is 0 Å². The van der Waals surface area contributed by atoms with Gasteiger partial charge in [-0.2, -0.15) is 0 Å². The predicted octanol–water partition coefficient (Wildman–Crippen LogP) is 1.52. The van der Waals surface area contributed by atoms with Crippen LogP contribution in [0.5, 0.6) is 0 Å². The number of hydrogen-bond acceptors (Lipinski definition) is 3. The van der Waals surface area contributed by atoms with E-state index in [1.54, 1.807) is 0 Å². The van der Waals surface area contributed by atoms with Gasteiger partial charge in [-0.3, -0.25) is 9.59 Å². The summed E-state index contributed by atoms with van der Waals surface area (Å²) in [6.45, 7) is 5.53. The molecule has 0 aliphatic carbocycles. The molecule has 2 amide bonds. The lowest BCUT2D eigenvalue weighted by atomic mass is 9.92. The molecular formula is C17H25N3O2. The van der Waals surface area contributed by atoms with Crippen molar-refractivity contribution in [1.29, 1.82) is 0 Å². The Morgan fingerprint density at radius 1 is 1.36 bits per heavy atom. The molecule has 1 fully saturated rings. The Bertz CT molecular complexity index is 525. The predicted molar refractivity (Wildman–Crippen MR) is 86.2 cm³/mol. The second kappa shape index (κ2) is 7.40. The number of piperidine rings is 1. The van der Waals surface area contributed by atoms with E-state index in [9.17, 15) is 9.59 Å². The standard InChI is InChI=1S/C17H25N3O2/c1-12(18)16-4-3-9-20(11-16)17(22)15-7-5-14(6-8-15)10-19-13(2)21/h5-8,12,16H,3-4,9-11,18H2,1-2H3,(H,19,21). The van der Waals surface area contributed by atoms with Gasteiger partial charge in [0.25, 0.3) is 5.91 Å². The Kier molecular flexibility index (Phi) is 5.55. The number of rotatable bonds is 4. The van der Waals surface area contributed by atoms with Gasteiger partial charge in [0.15, 0.2) is 0 Å². The topological polar surface area (TPSA) is 75.4 Å². The Labute approximate surface area is 131 Å². The van der Waals surface area contributed by atoms with Gasteiger partial charge < -0.3 is 16.0 Å². The lowest BCUT2D eigenvalue weighted by Crippen LogP contribution is -2.45. The monoisotopic (exact) mass is 303 g/mol. The fourth-order valence-corrected chi connectivity index (χ4v) is 2.80. The molecule has 5 nitrogen and oxygen atoms in total. The van der Waals surface area contributed by atoms with Crippen LogP contribution in [0.25, 0.3) is 0 Å². The molecule has 2 atom stereocenters. The van der Waals surface area contributed by atoms with Crippen LogP contribution in [-0.4, -0.2) is 35.8 Å². The molecule has 1 saturated heterocycles. The SMILES string of the molecule is CC(=O)NCc1ccc(C(=O)N2CCCC(C(C)N)C2)cc1. The van der Waals surface area contributed by atoms with E-state index in [-0.39, 0.29) is 17.9 Å². The minimum atomic E-state index is -0.0598. The summed E-state index contributed by atoms with van der Waals surface area (Å²) in [7, 11) is 0. The fraction of sp³-hybridized carbons (Fsp3) is 0.529. The molecule has 1 aliphatic rings. The van der Waals surface area contributed by atoms with E-state index < -0.39 is 0 Å². The van der Waals surface area contributed by atoms with Gasteiger partial charge in [-0.25, -0.2) is 0 Å². The summed E-state index contributed by atoms with van der Waals surface area (Å²) in [5.41, 5.74) is 7.65. The van der Waals surface area contributed by atoms with Crippen molar-refractivity contribution >= 4 is 11.8 Å². The third-order valence-corrected chi connectivity index (χ3v) is 4.23. The van der Waals surface area contributed by atoms with Gasteiger partial charge in [-0.05, 0) is 43.4 Å². The van der Waals surface area contributed by atoms with Crippen molar-refractivity contribution in [1.82, 2.24) is 10.2 Å². The molecule has 0 spiro atoms. The van der Waals surface area contributed by atoms with Gasteiger partial charge in [-0.15, -0.1) is 0 Å². The smallest absolute Gasteiger partial charge is 0.253 e. The van der Waals surface area contributed by atoms with Gasteiger partial charge in [0, 0.05) is 38.2 Å². The minimum Gasteiger partial charge on any atom is -0.352 e. The first-order valence-electron chi connectivity index (χ1n) is 7.85. The lowest BCUT2D eigenvalue weighted by molar-refractivity contribution is -0.119. The highest BCUT2D eigenvalue weighted by molar-refractivity contribution is 5.94. The highest BCUT2D eigenvalue weighted by Crippen LogP contribution is 2.20. The van der Waals surface area contributed by atoms with Crippen LogP contribution in [0, 0.1) is 5.92 Å². The quantitative estimate of drug-likeness (QED) is 0.885. The first-order chi connectivity index (χ1) is 10.5. The molecule has 0 bridgehead atoms. The molecular weight excluding hydrogens is 278 g/mol. The molecule has 5 heteroatoms. The van der Waals surface area contributed by atoms with E-state index in [4.69, 9.17) is 5.73 Å². The molecule has 0 aromatic heterocycles. The van der Waals surface area contributed by atoms with Crippen LogP contribution in [0.1, 0.15) is 42.6 Å². The molecule has 2 unspecified atom stereocenters. The zero-order chi connectivity index (χ0) is 16.1. The van der Waals surface area contributed by atoms with Crippen LogP contribution in [0.15, 0.2) is 24.3 Å². The summed E-state index contributed by atoms with van der Waals surface area (Å²) in [5.74, 6) is 0.392. The van der Waals surface area contributed by atoms with E-state index in [1.807, 2.05) is 36.1 Å². The maximum atomic E-state index is 12.6. The number of likely N-dealkylation sites (tertiary alicyclic amines) is 1. The molecule has 2 rings (SSSR count). The molecule has 0 saturated carbocycles. The Morgan fingerprint density at radius 2 is 2.05 bits per heavy atom. The summed E-state index contributed by atoms with van der Waals surface area (Å²) in [6, 6.07) is 7.55. The number of nitrogens with one attached hydrogen (secondary N) is 1. The number of nitrogens with two attached hydrogens (primary N) is 1. The minimum absolute atomic E-state index is 0.0598. The summed E-state index contributed by atoms with van der Waals surface area (Å²) >= 11 is 0. The Morgan fingerprint density at radius 3 is 2.64 bits per heavy atom. The van der Waals surface area contributed by atoms with Crippen molar-refractivity contribution in [3.63, 3.8) is 0 Å². The highest BCUT2D eigenvalue weighted by atomic mass is 16.2. The zero-order valence-electron chi connectivity index (χ0n) is 13.3. The van der Waals surface area contributed by atoms with Crippen LogP contribution >= 0.6 is 0 Å². The van der Waals surface area contributed by atoms with Gasteiger partial charge in [-0.1, -0.05) is 12.1 Å². The molecule has 1 aromatic rings. The number of amides is 2. The summed E-state index contributed by atoms with van der Waals surface area (Å²) < 4.78 is 0. The van der Waals surface area contributed by atoms with E-state index in [1.165, 1.54) is 6.92 Å². The lowest BCUT2D eigenvalue weighted by Gasteiger charge is -2.34. The van der Waals surface area contributed by atoms with Crippen LogP contribution in [0.4, 0.5) is 0 Å². The second-order valence-electron chi connectivity index (χ2n) is 6.12. The third kappa shape index (κ3) is 4.31. The van der Waals surface area contributed by atoms with Crippen LogP contribution in [0.3, 0.4) is 0 Å². The van der Waals surface area contributed by atoms with E-state index in [0.29, 0.717) is 18.0 Å². The first-order valence-corrected chi connectivity index (χ1v) is 7.85. The number of carbonyl (C=O) groups is 2. The van der Waals surface area contributed by atoms with Crippen molar-refractivity contribution in [3.8, 4) is 0 Å². The van der Waals surface area contributed by atoms with Crippen molar-refractivity contribution in [2.75, 3.05) is 13.1 Å². The van der Waals surface area contributed by atoms with Crippen molar-refractivity contribution < 1.29 is 9.59 Å². The van der Waals surface area contributed by atoms with Crippen molar-refractivity contribution in [3.05, 3.63) is 35.4 Å². The molecule has 22 heavy (non-hydrogen) atoms. The molecule has 0 radical (unpaired) electrons. The average molecular weight is 303 g/mol. The largest absolute Gasteiger partial charge is 0.352 e. The molecule has 120 valence electrons. The number of hydrogen-bond donors (Lipinski definition) is 2. The van der Waals surface area contributed by atoms with Gasteiger partial charge in [0.2, 0.25) is 5.91 Å². The third-order valence-electron chi connectivity index (χ3n) is 4.23. The van der Waals surface area contributed by atoms with Gasteiger partial charge >= 0.3 is 0 Å². The average Bonchev–Trinajstić information content (AvgIpc) is 2.53. The van der Waals surface area contributed by atoms with Crippen LogP contribution in [0.2, 0.25) is 0 Å². The maximum absolute atomic E-state index is 12.6. The molecule has 1 aromatic carbocycles. The van der Waals surface area contributed by atoms with Crippen molar-refractivity contribution in [2.24, 2.45) is 11.7 Å². The van der Waals surface area contributed by atoms with Gasteiger partial charge in [0.1, 0.15) is 0 Å². The Balaban J connectivity index is 1.98. The Hall–Kier alpha value is -1.88. The maximum Gasteiger partial charge on any atom is 0.253 e. The number of benzene rings is 1. The first kappa shape index (κ1) is 16.5. The van der Waals surface area contributed by atoms with Crippen LogP contribution in [-0.2, 0) is 11.3 Å². The molecule has 1 aliphatic heterocycles. The normalized spacial score (nSPS) is 19.6. The second-order valence-corrected chi connectivity index (χ2v) is 6.12. The van der Waals surface area contributed by atoms with E-state index >= 15 is 0 Å². The number of nitrogens with zero attached hydrogens (tertiary/aromatic N) is 1. The zero-order valence-corrected chi connectivity index (χ0v) is 13.3. The van der Waals surface area contributed by atoms with Crippen LogP contribution < -0.4 is 11.1 Å². The molecule has 1 heterocycles. The summed E-state index contributed by atoms with van der Waals surface area (Å²) in [4.78, 5) is 25.4.